The third-order valence-electron chi connectivity index (χ3n) is 4.70. The highest BCUT2D eigenvalue weighted by molar-refractivity contribution is 9.10. The molecule has 1 aliphatic carbocycles. The fourth-order valence-corrected chi connectivity index (χ4v) is 3.62. The van der Waals surface area contributed by atoms with Gasteiger partial charge in [0.25, 0.3) is 0 Å². The molecule has 0 aromatic carbocycles. The van der Waals surface area contributed by atoms with Gasteiger partial charge in [-0.2, -0.15) is 0 Å². The molecule has 1 atom stereocenters. The van der Waals surface area contributed by atoms with Gasteiger partial charge < -0.3 is 14.5 Å². The van der Waals surface area contributed by atoms with Gasteiger partial charge in [-0.1, -0.05) is 20.8 Å². The Labute approximate surface area is 130 Å². The number of likely N-dealkylation sites (N-methyl/N-ethyl adjacent to an activating group) is 1. The Bertz CT molecular complexity index is 431. The van der Waals surface area contributed by atoms with Crippen molar-refractivity contribution in [1.82, 2.24) is 5.32 Å². The molecule has 0 spiro atoms. The first-order chi connectivity index (χ1) is 9.44. The van der Waals surface area contributed by atoms with Gasteiger partial charge in [0, 0.05) is 7.11 Å². The number of rotatable bonds is 5. The maximum atomic E-state index is 6.02. The van der Waals surface area contributed by atoms with Crippen LogP contribution in [0.15, 0.2) is 21.2 Å². The maximum absolute atomic E-state index is 6.02. The van der Waals surface area contributed by atoms with E-state index in [1.165, 1.54) is 12.8 Å². The lowest BCUT2D eigenvalue weighted by atomic mass is 9.68. The first kappa shape index (κ1) is 16.1. The lowest BCUT2D eigenvalue weighted by Crippen LogP contribution is -2.49. The topological polar surface area (TPSA) is 34.4 Å². The smallest absolute Gasteiger partial charge is 0.137 e. The summed E-state index contributed by atoms with van der Waals surface area (Å²) in [7, 11) is 1.83. The monoisotopic (exact) mass is 343 g/mol. The molecule has 1 heterocycles. The molecule has 1 aliphatic rings. The molecule has 4 heteroatoms. The number of ether oxygens (including phenoxy) is 1. The van der Waals surface area contributed by atoms with Crippen molar-refractivity contribution >= 4 is 15.9 Å². The van der Waals surface area contributed by atoms with Gasteiger partial charge in [0.15, 0.2) is 0 Å². The van der Waals surface area contributed by atoms with Crippen molar-refractivity contribution < 1.29 is 9.15 Å². The zero-order valence-electron chi connectivity index (χ0n) is 13.0. The second-order valence-corrected chi connectivity index (χ2v) is 7.41. The number of methoxy groups -OCH3 is 1. The van der Waals surface area contributed by atoms with Crippen LogP contribution in [0.3, 0.4) is 0 Å². The Balaban J connectivity index is 2.29. The maximum Gasteiger partial charge on any atom is 0.137 e. The second kappa shape index (κ2) is 6.20. The molecule has 1 unspecified atom stereocenters. The summed E-state index contributed by atoms with van der Waals surface area (Å²) in [6.07, 6.45) is 6.21. The van der Waals surface area contributed by atoms with Crippen molar-refractivity contribution in [1.29, 1.82) is 0 Å². The van der Waals surface area contributed by atoms with Crippen molar-refractivity contribution in [2.75, 3.05) is 13.7 Å². The van der Waals surface area contributed by atoms with Crippen LogP contribution in [-0.4, -0.2) is 19.3 Å². The van der Waals surface area contributed by atoms with Crippen molar-refractivity contribution in [2.24, 2.45) is 5.41 Å². The number of furan rings is 1. The van der Waals surface area contributed by atoms with Crippen LogP contribution < -0.4 is 5.32 Å². The Morgan fingerprint density at radius 3 is 2.45 bits per heavy atom. The fourth-order valence-electron chi connectivity index (χ4n) is 3.19. The third kappa shape index (κ3) is 3.12. The van der Waals surface area contributed by atoms with Crippen molar-refractivity contribution in [3.8, 4) is 0 Å². The minimum atomic E-state index is -0.175. The van der Waals surface area contributed by atoms with Crippen LogP contribution in [0, 0.1) is 5.41 Å². The van der Waals surface area contributed by atoms with Crippen molar-refractivity contribution in [3.63, 3.8) is 0 Å². The third-order valence-corrected chi connectivity index (χ3v) is 5.35. The standard InChI is InChI=1S/C16H26BrNO2/c1-5-18-14(13-12(17)6-11-20-13)16(19-4)9-7-15(2,3)8-10-16/h6,11,14,18H,5,7-10H2,1-4H3. The minimum Gasteiger partial charge on any atom is -0.466 e. The SMILES string of the molecule is CCNC(c1occc1Br)C1(OC)CCC(C)(C)CC1. The normalized spacial score (nSPS) is 22.6. The average molecular weight is 344 g/mol. The molecule has 114 valence electrons. The lowest BCUT2D eigenvalue weighted by molar-refractivity contribution is -0.0914. The molecule has 1 aromatic heterocycles. The zero-order valence-corrected chi connectivity index (χ0v) is 14.5. The van der Waals surface area contributed by atoms with Crippen LogP contribution in [0.2, 0.25) is 0 Å². The van der Waals surface area contributed by atoms with E-state index in [-0.39, 0.29) is 11.6 Å². The predicted octanol–water partition coefficient (Wildman–Crippen LogP) is 4.68. The number of hydrogen-bond donors (Lipinski definition) is 1. The largest absolute Gasteiger partial charge is 0.466 e. The summed E-state index contributed by atoms with van der Waals surface area (Å²) in [5.74, 6) is 0.952. The molecule has 0 radical (unpaired) electrons. The number of hydrogen-bond acceptors (Lipinski definition) is 3. The summed E-state index contributed by atoms with van der Waals surface area (Å²) in [5.41, 5.74) is 0.241. The van der Waals surface area contributed by atoms with Gasteiger partial charge in [-0.3, -0.25) is 0 Å². The molecule has 0 aliphatic heterocycles. The summed E-state index contributed by atoms with van der Waals surface area (Å²) < 4.78 is 12.8. The molecule has 0 saturated heterocycles. The summed E-state index contributed by atoms with van der Waals surface area (Å²) in [6.45, 7) is 7.71. The van der Waals surface area contributed by atoms with Crippen LogP contribution in [-0.2, 0) is 4.74 Å². The molecular weight excluding hydrogens is 318 g/mol. The predicted molar refractivity (Wildman–Crippen MR) is 84.8 cm³/mol. The van der Waals surface area contributed by atoms with Crippen molar-refractivity contribution in [2.45, 2.75) is 58.1 Å². The summed E-state index contributed by atoms with van der Waals surface area (Å²) in [4.78, 5) is 0. The Kier molecular flexibility index (Phi) is 4.98. The molecule has 0 amide bonds. The zero-order chi connectivity index (χ0) is 14.8. The van der Waals surface area contributed by atoms with Gasteiger partial charge in [-0.05, 0) is 59.6 Å². The van der Waals surface area contributed by atoms with Gasteiger partial charge in [0.1, 0.15) is 5.76 Å². The molecular formula is C16H26BrNO2. The molecule has 1 aromatic rings. The summed E-state index contributed by atoms with van der Waals surface area (Å²) in [6, 6.07) is 2.05. The molecule has 3 nitrogen and oxygen atoms in total. The highest BCUT2D eigenvalue weighted by Gasteiger charge is 2.46. The van der Waals surface area contributed by atoms with Crippen molar-refractivity contribution in [3.05, 3.63) is 22.6 Å². The van der Waals surface area contributed by atoms with Crippen LogP contribution in [0.4, 0.5) is 0 Å². The summed E-state index contributed by atoms with van der Waals surface area (Å²) >= 11 is 3.59. The van der Waals surface area contributed by atoms with Gasteiger partial charge in [-0.15, -0.1) is 0 Å². The lowest BCUT2D eigenvalue weighted by Gasteiger charge is -2.46. The Hall–Kier alpha value is -0.320. The first-order valence-electron chi connectivity index (χ1n) is 7.45. The van der Waals surface area contributed by atoms with Gasteiger partial charge in [0.05, 0.1) is 22.4 Å². The molecule has 2 rings (SSSR count). The van der Waals surface area contributed by atoms with E-state index in [1.54, 1.807) is 6.26 Å². The fraction of sp³-hybridized carbons (Fsp3) is 0.750. The molecule has 1 N–H and O–H groups in total. The van der Waals surface area contributed by atoms with E-state index in [2.05, 4.69) is 42.0 Å². The Morgan fingerprint density at radius 1 is 1.35 bits per heavy atom. The molecule has 1 fully saturated rings. The minimum absolute atomic E-state index is 0.0953. The number of halogens is 1. The van der Waals surface area contributed by atoms with E-state index in [1.807, 2.05) is 13.2 Å². The van der Waals surface area contributed by atoms with Crippen LogP contribution in [0.25, 0.3) is 0 Å². The van der Waals surface area contributed by atoms with E-state index in [0.717, 1.165) is 29.6 Å². The number of nitrogens with one attached hydrogen (secondary N) is 1. The summed E-state index contributed by atoms with van der Waals surface area (Å²) in [5, 5.41) is 3.57. The van der Waals surface area contributed by atoms with E-state index >= 15 is 0 Å². The van der Waals surface area contributed by atoms with Gasteiger partial charge in [-0.25, -0.2) is 0 Å². The van der Waals surface area contributed by atoms with E-state index in [0.29, 0.717) is 5.41 Å². The van der Waals surface area contributed by atoms with Gasteiger partial charge >= 0.3 is 0 Å². The van der Waals surface area contributed by atoms with Crippen LogP contribution in [0.5, 0.6) is 0 Å². The Morgan fingerprint density at radius 2 is 2.00 bits per heavy atom. The van der Waals surface area contributed by atoms with Crippen LogP contribution in [0.1, 0.15) is 58.3 Å². The average Bonchev–Trinajstić information content (AvgIpc) is 2.83. The quantitative estimate of drug-likeness (QED) is 0.842. The van der Waals surface area contributed by atoms with Gasteiger partial charge in [0.2, 0.25) is 0 Å². The van der Waals surface area contributed by atoms with E-state index < -0.39 is 0 Å². The van der Waals surface area contributed by atoms with E-state index in [9.17, 15) is 0 Å². The highest BCUT2D eigenvalue weighted by atomic mass is 79.9. The first-order valence-corrected chi connectivity index (χ1v) is 8.25. The van der Waals surface area contributed by atoms with E-state index in [4.69, 9.17) is 9.15 Å². The molecule has 20 heavy (non-hydrogen) atoms. The second-order valence-electron chi connectivity index (χ2n) is 6.56. The highest BCUT2D eigenvalue weighted by Crippen LogP contribution is 2.48. The molecule has 1 saturated carbocycles. The van der Waals surface area contributed by atoms with Crippen LogP contribution >= 0.6 is 15.9 Å². The molecule has 0 bridgehead atoms.